The molecule has 186 valence electrons. The van der Waals surface area contributed by atoms with E-state index in [4.69, 9.17) is 5.11 Å². The van der Waals surface area contributed by atoms with E-state index in [1.807, 2.05) is 0 Å². The van der Waals surface area contributed by atoms with Gasteiger partial charge in [-0.15, -0.1) is 0 Å². The van der Waals surface area contributed by atoms with E-state index in [1.54, 1.807) is 21.6 Å². The van der Waals surface area contributed by atoms with Crippen LogP contribution in [-0.2, 0) is 19.2 Å². The number of rotatable bonds is 19. The molecule has 0 heterocycles. The van der Waals surface area contributed by atoms with Gasteiger partial charge in [-0.1, -0.05) is 76.3 Å². The van der Waals surface area contributed by atoms with Crippen LogP contribution in [-0.4, -0.2) is 68.6 Å². The minimum Gasteiger partial charge on any atom is -0.480 e. The molecule has 0 bridgehead atoms. The van der Waals surface area contributed by atoms with Gasteiger partial charge < -0.3 is 20.8 Å². The molecule has 0 aromatic rings. The molecule has 0 spiro atoms. The predicted molar refractivity (Wildman–Crippen MR) is 137 cm³/mol. The van der Waals surface area contributed by atoms with Gasteiger partial charge in [0.1, 0.15) is 12.1 Å². The smallest absolute Gasteiger partial charge is 0.327 e. The quantitative estimate of drug-likeness (QED) is 0.144. The summed E-state index contributed by atoms with van der Waals surface area (Å²) in [5, 5.41) is 23.6. The highest BCUT2D eigenvalue weighted by Crippen LogP contribution is 2.35. The van der Waals surface area contributed by atoms with Crippen molar-refractivity contribution in [3.8, 4) is 0 Å². The lowest BCUT2D eigenvalue weighted by Gasteiger charge is -2.18. The van der Waals surface area contributed by atoms with Crippen molar-refractivity contribution in [2.45, 2.75) is 77.1 Å². The molecule has 3 unspecified atom stereocenters. The first kappa shape index (κ1) is 31.3. The molecule has 0 aliphatic heterocycles. The summed E-state index contributed by atoms with van der Waals surface area (Å²) >= 11 is 0. The van der Waals surface area contributed by atoms with Gasteiger partial charge in [0.05, 0.1) is 0 Å². The monoisotopic (exact) mass is 528 g/mol. The fourth-order valence-corrected chi connectivity index (χ4v) is 7.92. The molecule has 2 amide bonds. The molecule has 12 heteroatoms. The third kappa shape index (κ3) is 17.8. The van der Waals surface area contributed by atoms with E-state index < -0.39 is 24.0 Å². The highest BCUT2D eigenvalue weighted by atomic mass is 33.1. The summed E-state index contributed by atoms with van der Waals surface area (Å²) in [6.07, 6.45) is 5.37. The topological polar surface area (TPSA) is 133 Å². The molecular formula is C20H36N2O6S4. The predicted octanol–water partition coefficient (Wildman–Crippen LogP) is 3.90. The van der Waals surface area contributed by atoms with Crippen molar-refractivity contribution >= 4 is 66.9 Å². The Balaban J connectivity index is 4.49. The Kier molecular flexibility index (Phi) is 18.3. The van der Waals surface area contributed by atoms with Gasteiger partial charge in [0.15, 0.2) is 0 Å². The van der Waals surface area contributed by atoms with Crippen molar-refractivity contribution in [1.29, 1.82) is 0 Å². The largest absolute Gasteiger partial charge is 0.480 e. The van der Waals surface area contributed by atoms with Crippen LogP contribution in [0.1, 0.15) is 59.8 Å². The lowest BCUT2D eigenvalue weighted by atomic mass is 10.0. The van der Waals surface area contributed by atoms with Crippen molar-refractivity contribution in [3.05, 3.63) is 0 Å². The number of aliphatic carboxylic acids is 2. The summed E-state index contributed by atoms with van der Waals surface area (Å²) in [5.41, 5.74) is 0. The Morgan fingerprint density at radius 3 is 1.72 bits per heavy atom. The normalized spacial score (nSPS) is 13.9. The van der Waals surface area contributed by atoms with Crippen LogP contribution in [0.4, 0.5) is 0 Å². The maximum Gasteiger partial charge on any atom is 0.327 e. The lowest BCUT2D eigenvalue weighted by Crippen LogP contribution is -2.41. The Morgan fingerprint density at radius 1 is 0.750 bits per heavy atom. The highest BCUT2D eigenvalue weighted by Gasteiger charge is 2.21. The molecule has 0 aliphatic carbocycles. The highest BCUT2D eigenvalue weighted by molar-refractivity contribution is 8.77. The first-order valence-corrected chi connectivity index (χ1v) is 15.4. The number of unbranched alkanes of at least 4 members (excludes halogenated alkanes) is 1. The first-order chi connectivity index (χ1) is 15.0. The van der Waals surface area contributed by atoms with Crippen molar-refractivity contribution in [3.63, 3.8) is 0 Å². The van der Waals surface area contributed by atoms with E-state index in [9.17, 15) is 24.3 Å². The molecular weight excluding hydrogens is 492 g/mol. The standard InChI is InChI=1S/C20H36N2O6S4/c1-13(2)7-5-6-8-16(32-31-12-18(20(27)28)22-15(4)24)9-10-29-30-11-17(19(25)26)21-14(3)23/h13,16-18H,5-12H2,1-4H3,(H,21,23)(H,22,24)(H,25,26)(H,27,28). The average molecular weight is 529 g/mol. The zero-order valence-electron chi connectivity index (χ0n) is 19.1. The third-order valence-corrected chi connectivity index (χ3v) is 9.62. The fraction of sp³-hybridized carbons (Fsp3) is 0.800. The van der Waals surface area contributed by atoms with Crippen LogP contribution < -0.4 is 10.6 Å². The molecule has 0 fully saturated rings. The number of hydrogen-bond acceptors (Lipinski definition) is 8. The van der Waals surface area contributed by atoms with E-state index in [1.165, 1.54) is 41.9 Å². The van der Waals surface area contributed by atoms with E-state index >= 15 is 0 Å². The summed E-state index contributed by atoms with van der Waals surface area (Å²) in [6.45, 7) is 7.01. The lowest BCUT2D eigenvalue weighted by molar-refractivity contribution is -0.141. The Labute approximate surface area is 206 Å². The first-order valence-electron chi connectivity index (χ1n) is 10.5. The second kappa shape index (κ2) is 18.7. The molecule has 0 saturated heterocycles. The van der Waals surface area contributed by atoms with E-state index in [0.717, 1.165) is 31.4 Å². The van der Waals surface area contributed by atoms with Crippen molar-refractivity contribution in [2.75, 3.05) is 17.3 Å². The van der Waals surface area contributed by atoms with E-state index in [-0.39, 0.29) is 17.6 Å². The van der Waals surface area contributed by atoms with E-state index in [2.05, 4.69) is 24.5 Å². The van der Waals surface area contributed by atoms with Crippen LogP contribution >= 0.6 is 43.2 Å². The van der Waals surface area contributed by atoms with Crippen molar-refractivity contribution < 1.29 is 29.4 Å². The summed E-state index contributed by atoms with van der Waals surface area (Å²) in [7, 11) is 6.13. The van der Waals surface area contributed by atoms with Gasteiger partial charge in [-0.25, -0.2) is 9.59 Å². The second-order valence-corrected chi connectivity index (χ2v) is 13.1. The van der Waals surface area contributed by atoms with Crippen LogP contribution in [0.3, 0.4) is 0 Å². The van der Waals surface area contributed by atoms with Crippen molar-refractivity contribution in [2.24, 2.45) is 5.92 Å². The minimum atomic E-state index is -1.05. The minimum absolute atomic E-state index is 0.289. The number of amides is 2. The van der Waals surface area contributed by atoms with Gasteiger partial charge in [-0.2, -0.15) is 0 Å². The van der Waals surface area contributed by atoms with Gasteiger partial charge in [-0.3, -0.25) is 9.59 Å². The van der Waals surface area contributed by atoms with Gasteiger partial charge in [-0.05, 0) is 18.8 Å². The molecule has 0 aromatic heterocycles. The summed E-state index contributed by atoms with van der Waals surface area (Å²) < 4.78 is 0. The second-order valence-electron chi connectivity index (χ2n) is 7.76. The summed E-state index contributed by atoms with van der Waals surface area (Å²) in [6, 6.07) is -1.80. The Hall–Kier alpha value is -0.720. The Morgan fingerprint density at radius 2 is 1.25 bits per heavy atom. The molecule has 32 heavy (non-hydrogen) atoms. The number of hydrogen-bond donors (Lipinski definition) is 4. The Bertz CT molecular complexity index is 594. The van der Waals surface area contributed by atoms with Gasteiger partial charge >= 0.3 is 11.9 Å². The van der Waals surface area contributed by atoms with Gasteiger partial charge in [0.25, 0.3) is 0 Å². The van der Waals surface area contributed by atoms with Crippen LogP contribution in [0.2, 0.25) is 0 Å². The maximum absolute atomic E-state index is 11.3. The average Bonchev–Trinajstić information content (AvgIpc) is 2.67. The summed E-state index contributed by atoms with van der Waals surface area (Å²) in [5.74, 6) is -0.734. The zero-order chi connectivity index (χ0) is 24.5. The van der Waals surface area contributed by atoms with Crippen LogP contribution in [0.15, 0.2) is 0 Å². The number of carbonyl (C=O) groups is 4. The van der Waals surface area contributed by atoms with Crippen LogP contribution in [0.25, 0.3) is 0 Å². The molecule has 0 radical (unpaired) electrons. The zero-order valence-corrected chi connectivity index (χ0v) is 22.4. The molecule has 3 atom stereocenters. The molecule has 0 rings (SSSR count). The fourth-order valence-electron chi connectivity index (χ4n) is 2.56. The number of nitrogens with one attached hydrogen (secondary N) is 2. The molecule has 8 nitrogen and oxygen atoms in total. The SMILES string of the molecule is CC(=O)NC(CSSCCC(CCCCC(C)C)SSCC(NC(C)=O)C(=O)O)C(=O)O. The number of carboxylic acids is 2. The van der Waals surface area contributed by atoms with Gasteiger partial charge in [0, 0.05) is 36.4 Å². The summed E-state index contributed by atoms with van der Waals surface area (Å²) in [4.78, 5) is 44.7. The van der Waals surface area contributed by atoms with Gasteiger partial charge in [0.2, 0.25) is 11.8 Å². The molecule has 4 N–H and O–H groups in total. The maximum atomic E-state index is 11.3. The van der Waals surface area contributed by atoms with Crippen molar-refractivity contribution in [1.82, 2.24) is 10.6 Å². The number of carboxylic acid groups (broad SMARTS) is 2. The molecule has 0 aromatic carbocycles. The van der Waals surface area contributed by atoms with Crippen LogP contribution in [0, 0.1) is 5.92 Å². The third-order valence-electron chi connectivity index (χ3n) is 4.19. The number of carbonyl (C=O) groups excluding carboxylic acids is 2. The molecule has 0 aliphatic rings. The van der Waals surface area contributed by atoms with Crippen LogP contribution in [0.5, 0.6) is 0 Å². The van der Waals surface area contributed by atoms with E-state index in [0.29, 0.717) is 16.9 Å². The molecule has 0 saturated carbocycles.